The van der Waals surface area contributed by atoms with Gasteiger partial charge in [0.2, 0.25) is 11.8 Å². The number of ether oxygens (including phenoxy) is 1. The number of amides is 2. The number of aromatic nitrogens is 1. The SMILES string of the molecule is CC(C)[C@H](CC(=O)C(Cc1ccc2ccccc2n1)NC(=O)[C@H](CC(=O)O)CC(=O)OCc1ccccc1)C(=O)N[C@H](/C=C/S(=O)(=O)c1ccccc1)CC(=O)O. The average Bonchev–Trinajstić information content (AvgIpc) is 3.17. The van der Waals surface area contributed by atoms with Gasteiger partial charge < -0.3 is 25.6 Å². The number of carbonyl (C=O) groups excluding carboxylic acids is 4. The molecule has 0 fully saturated rings. The first-order chi connectivity index (χ1) is 27.1. The molecule has 0 saturated heterocycles. The number of nitrogens with zero attached hydrogens (tertiary/aromatic N) is 1. The zero-order valence-corrected chi connectivity index (χ0v) is 32.3. The Bertz CT molecular complexity index is 2190. The van der Waals surface area contributed by atoms with Crippen molar-refractivity contribution in [2.75, 3.05) is 0 Å². The van der Waals surface area contributed by atoms with Crippen molar-refractivity contribution >= 4 is 56.2 Å². The number of Topliss-reactive ketones (excluding diaryl/α,β-unsaturated/α-hetero) is 1. The second kappa shape index (κ2) is 20.6. The van der Waals surface area contributed by atoms with Gasteiger partial charge in [0, 0.05) is 35.2 Å². The van der Waals surface area contributed by atoms with Gasteiger partial charge in [0.25, 0.3) is 0 Å². The van der Waals surface area contributed by atoms with Crippen LogP contribution >= 0.6 is 0 Å². The third kappa shape index (κ3) is 13.8. The zero-order valence-electron chi connectivity index (χ0n) is 31.4. The van der Waals surface area contributed by atoms with Gasteiger partial charge in [0.1, 0.15) is 6.61 Å². The second-order valence-corrected chi connectivity index (χ2v) is 15.7. The molecule has 0 bridgehead atoms. The maximum absolute atomic E-state index is 14.2. The number of rotatable bonds is 21. The Hall–Kier alpha value is -6.22. The fraction of sp³-hybridized carbons (Fsp3) is 0.310. The van der Waals surface area contributed by atoms with Gasteiger partial charge in [-0.2, -0.15) is 0 Å². The number of carboxylic acid groups (broad SMARTS) is 2. The Morgan fingerprint density at radius 2 is 1.37 bits per heavy atom. The number of fused-ring (bicyclic) bond motifs is 1. The normalized spacial score (nSPS) is 13.7. The molecule has 0 aliphatic heterocycles. The van der Waals surface area contributed by atoms with Crippen LogP contribution in [0.15, 0.2) is 113 Å². The monoisotopic (exact) mass is 799 g/mol. The topological polar surface area (TPSA) is 223 Å². The molecule has 3 aromatic carbocycles. The van der Waals surface area contributed by atoms with Crippen molar-refractivity contribution in [1.29, 1.82) is 0 Å². The van der Waals surface area contributed by atoms with Crippen molar-refractivity contribution in [2.45, 2.75) is 69.5 Å². The number of hydrogen-bond donors (Lipinski definition) is 4. The van der Waals surface area contributed by atoms with E-state index in [1.807, 2.05) is 12.1 Å². The van der Waals surface area contributed by atoms with E-state index in [1.54, 1.807) is 74.5 Å². The standard InChI is InChI=1S/C42H45N3O11S/c1-27(2)34(42(53)44-32(24-39(49)50)19-20-57(54,55)33-14-7-4-8-15-33)25-37(46)36(23-31-18-17-29-13-9-10-16-35(29)43-31)45-41(52)30(21-38(47)48)22-40(51)56-26-28-11-5-3-6-12-28/h3-20,27,30,32,34,36H,21-26H2,1-2H3,(H,44,53)(H,45,52)(H,47,48)(H,49,50)/b20-19+/t30-,32-,34+,36?/m1/s1. The highest BCUT2D eigenvalue weighted by atomic mass is 32.2. The van der Waals surface area contributed by atoms with Crippen LogP contribution in [0.1, 0.15) is 50.8 Å². The van der Waals surface area contributed by atoms with Crippen LogP contribution in [0, 0.1) is 17.8 Å². The minimum Gasteiger partial charge on any atom is -0.481 e. The van der Waals surface area contributed by atoms with Crippen LogP contribution in [0.4, 0.5) is 0 Å². The number of nitrogens with one attached hydrogen (secondary N) is 2. The molecule has 0 radical (unpaired) electrons. The predicted molar refractivity (Wildman–Crippen MR) is 209 cm³/mol. The summed E-state index contributed by atoms with van der Waals surface area (Å²) >= 11 is 0. The zero-order chi connectivity index (χ0) is 41.5. The van der Waals surface area contributed by atoms with Gasteiger partial charge in [-0.15, -0.1) is 0 Å². The van der Waals surface area contributed by atoms with Gasteiger partial charge in [-0.05, 0) is 41.8 Å². The number of hydrogen-bond acceptors (Lipinski definition) is 10. The third-order valence-electron chi connectivity index (χ3n) is 9.07. The third-order valence-corrected chi connectivity index (χ3v) is 10.5. The van der Waals surface area contributed by atoms with Crippen molar-refractivity contribution in [3.05, 3.63) is 120 Å². The average molecular weight is 800 g/mol. The van der Waals surface area contributed by atoms with Gasteiger partial charge in [-0.3, -0.25) is 33.8 Å². The largest absolute Gasteiger partial charge is 0.481 e. The summed E-state index contributed by atoms with van der Waals surface area (Å²) in [7, 11) is -3.98. The van der Waals surface area contributed by atoms with Crippen molar-refractivity contribution in [1.82, 2.24) is 15.6 Å². The van der Waals surface area contributed by atoms with E-state index in [-0.39, 0.29) is 17.9 Å². The summed E-state index contributed by atoms with van der Waals surface area (Å²) < 4.78 is 31.0. The smallest absolute Gasteiger partial charge is 0.306 e. The lowest BCUT2D eigenvalue weighted by Gasteiger charge is -2.26. The summed E-state index contributed by atoms with van der Waals surface area (Å²) in [6.45, 7) is 3.24. The molecule has 0 aliphatic carbocycles. The molecular weight excluding hydrogens is 755 g/mol. The summed E-state index contributed by atoms with van der Waals surface area (Å²) in [6.07, 6.45) is -1.52. The number of aliphatic carboxylic acids is 2. The lowest BCUT2D eigenvalue weighted by atomic mass is 9.86. The van der Waals surface area contributed by atoms with Crippen LogP contribution in [0.2, 0.25) is 0 Å². The molecule has 0 saturated carbocycles. The molecule has 57 heavy (non-hydrogen) atoms. The summed E-state index contributed by atoms with van der Waals surface area (Å²) in [5.74, 6) is -8.72. The molecule has 300 valence electrons. The molecule has 1 heterocycles. The van der Waals surface area contributed by atoms with E-state index in [9.17, 15) is 47.4 Å². The molecule has 0 spiro atoms. The molecule has 4 N–H and O–H groups in total. The van der Waals surface area contributed by atoms with Gasteiger partial charge in [-0.1, -0.05) is 86.6 Å². The van der Waals surface area contributed by atoms with Crippen LogP contribution in [0.25, 0.3) is 10.9 Å². The lowest BCUT2D eigenvalue weighted by molar-refractivity contribution is -0.150. The minimum absolute atomic E-state index is 0.0315. The van der Waals surface area contributed by atoms with Crippen LogP contribution in [-0.4, -0.2) is 71.2 Å². The van der Waals surface area contributed by atoms with E-state index in [2.05, 4.69) is 15.6 Å². The number of pyridine rings is 1. The quantitative estimate of drug-likeness (QED) is 0.0845. The number of carbonyl (C=O) groups is 6. The van der Waals surface area contributed by atoms with Gasteiger partial charge in [0.05, 0.1) is 47.7 Å². The number of carboxylic acids is 2. The molecule has 4 atom stereocenters. The van der Waals surface area contributed by atoms with Crippen LogP contribution in [0.3, 0.4) is 0 Å². The highest BCUT2D eigenvalue weighted by molar-refractivity contribution is 7.94. The molecular formula is C42H45N3O11S. The molecule has 15 heteroatoms. The number of benzene rings is 3. The van der Waals surface area contributed by atoms with Gasteiger partial charge >= 0.3 is 17.9 Å². The highest BCUT2D eigenvalue weighted by Gasteiger charge is 2.34. The predicted octanol–water partition coefficient (Wildman–Crippen LogP) is 4.67. The Morgan fingerprint density at radius 3 is 2.02 bits per heavy atom. The minimum atomic E-state index is -3.98. The van der Waals surface area contributed by atoms with E-state index < -0.39 is 101 Å². The molecule has 1 aromatic heterocycles. The Kier molecular flexibility index (Phi) is 15.7. The first-order valence-electron chi connectivity index (χ1n) is 18.2. The van der Waals surface area contributed by atoms with E-state index in [0.29, 0.717) is 16.8 Å². The molecule has 4 aromatic rings. The second-order valence-electron chi connectivity index (χ2n) is 13.8. The molecule has 1 unspecified atom stereocenters. The van der Waals surface area contributed by atoms with Gasteiger partial charge in [0.15, 0.2) is 15.6 Å². The fourth-order valence-electron chi connectivity index (χ4n) is 5.95. The Balaban J connectivity index is 1.56. The van der Waals surface area contributed by atoms with Crippen LogP contribution in [-0.2, 0) is 56.4 Å². The number of para-hydroxylation sites is 1. The highest BCUT2D eigenvalue weighted by Crippen LogP contribution is 2.21. The van der Waals surface area contributed by atoms with E-state index in [1.165, 1.54) is 24.3 Å². The maximum atomic E-state index is 14.2. The lowest BCUT2D eigenvalue weighted by Crippen LogP contribution is -2.48. The van der Waals surface area contributed by atoms with Crippen LogP contribution in [0.5, 0.6) is 0 Å². The Labute approximate surface area is 330 Å². The Morgan fingerprint density at radius 1 is 0.737 bits per heavy atom. The van der Waals surface area contributed by atoms with Crippen LogP contribution < -0.4 is 10.6 Å². The van der Waals surface area contributed by atoms with E-state index in [4.69, 9.17) is 4.74 Å². The molecule has 2 amide bonds. The molecule has 0 aliphatic rings. The summed E-state index contributed by atoms with van der Waals surface area (Å²) in [6, 6.07) is 24.3. The molecule has 14 nitrogen and oxygen atoms in total. The summed E-state index contributed by atoms with van der Waals surface area (Å²) in [5.41, 5.74) is 1.70. The van der Waals surface area contributed by atoms with E-state index >= 15 is 0 Å². The number of ketones is 1. The number of esters is 1. The van der Waals surface area contributed by atoms with Crippen molar-refractivity contribution in [2.24, 2.45) is 17.8 Å². The summed E-state index contributed by atoms with van der Waals surface area (Å²) in [5, 5.41) is 26.0. The van der Waals surface area contributed by atoms with Gasteiger partial charge in [-0.25, -0.2) is 8.42 Å². The van der Waals surface area contributed by atoms with Crippen molar-refractivity contribution < 1.29 is 52.1 Å². The first-order valence-corrected chi connectivity index (χ1v) is 19.8. The molecule has 4 rings (SSSR count). The maximum Gasteiger partial charge on any atom is 0.306 e. The van der Waals surface area contributed by atoms with Crippen molar-refractivity contribution in [3.8, 4) is 0 Å². The summed E-state index contributed by atoms with van der Waals surface area (Å²) in [4.78, 5) is 82.5. The number of sulfone groups is 1. The van der Waals surface area contributed by atoms with E-state index in [0.717, 1.165) is 16.9 Å². The fourth-order valence-corrected chi connectivity index (χ4v) is 7.04. The van der Waals surface area contributed by atoms with Crippen molar-refractivity contribution in [3.63, 3.8) is 0 Å². The first kappa shape index (κ1) is 43.5.